The summed E-state index contributed by atoms with van der Waals surface area (Å²) in [6, 6.07) is 22.6. The summed E-state index contributed by atoms with van der Waals surface area (Å²) in [5.74, 6) is 0.734. The molecule has 0 unspecified atom stereocenters. The molecule has 172 valence electrons. The van der Waals surface area contributed by atoms with Crippen molar-refractivity contribution in [3.8, 4) is 17.0 Å². The molecule has 4 aromatic rings. The van der Waals surface area contributed by atoms with Crippen LogP contribution in [0.4, 0.5) is 26.1 Å². The quantitative estimate of drug-likeness (QED) is 0.314. The predicted molar refractivity (Wildman–Crippen MR) is 135 cm³/mol. The minimum atomic E-state index is -0.576. The molecule has 0 aliphatic carbocycles. The van der Waals surface area contributed by atoms with E-state index in [0.717, 1.165) is 21.9 Å². The molecule has 0 atom stereocenters. The second-order valence-corrected chi connectivity index (χ2v) is 8.14. The van der Waals surface area contributed by atoms with Gasteiger partial charge in [-0.2, -0.15) is 5.01 Å². The number of anilines is 3. The highest BCUT2D eigenvalue weighted by atomic mass is 32.1. The Morgan fingerprint density at radius 2 is 1.56 bits per heavy atom. The predicted octanol–water partition coefficient (Wildman–Crippen LogP) is 5.90. The first-order chi connectivity index (χ1) is 16.5. The number of benzene rings is 3. The Hall–Kier alpha value is -4.37. The van der Waals surface area contributed by atoms with Gasteiger partial charge in [-0.1, -0.05) is 35.9 Å². The Balaban J connectivity index is 1.56. The monoisotopic (exact) mass is 473 g/mol. The highest BCUT2D eigenvalue weighted by Gasteiger charge is 2.22. The van der Waals surface area contributed by atoms with Gasteiger partial charge in [-0.15, -0.1) is 11.3 Å². The van der Waals surface area contributed by atoms with E-state index in [1.165, 1.54) is 11.3 Å². The lowest BCUT2D eigenvalue weighted by atomic mass is 10.2. The van der Waals surface area contributed by atoms with Crippen molar-refractivity contribution < 1.29 is 14.3 Å². The summed E-state index contributed by atoms with van der Waals surface area (Å²) in [5, 5.41) is 8.72. The lowest BCUT2D eigenvalue weighted by Gasteiger charge is -2.21. The molecule has 4 rings (SSSR count). The van der Waals surface area contributed by atoms with Crippen LogP contribution in [-0.4, -0.2) is 24.2 Å². The number of aryl methyl sites for hydroxylation is 1. The fourth-order valence-corrected chi connectivity index (χ4v) is 3.84. The zero-order chi connectivity index (χ0) is 23.9. The molecule has 0 radical (unpaired) electrons. The number of ether oxygens (including phenoxy) is 1. The molecule has 1 aromatic heterocycles. The minimum Gasteiger partial charge on any atom is -0.497 e. The molecular weight excluding hydrogens is 450 g/mol. The maximum Gasteiger partial charge on any atom is 0.347 e. The Morgan fingerprint density at radius 3 is 2.24 bits per heavy atom. The van der Waals surface area contributed by atoms with Crippen molar-refractivity contribution in [1.82, 2.24) is 10.4 Å². The Morgan fingerprint density at radius 1 is 0.882 bits per heavy atom. The van der Waals surface area contributed by atoms with Gasteiger partial charge in [-0.25, -0.2) is 20.0 Å². The van der Waals surface area contributed by atoms with Gasteiger partial charge in [0.2, 0.25) is 5.13 Å². The molecule has 9 heteroatoms. The fraction of sp³-hybridized carbons (Fsp3) is 0.0800. The number of urea groups is 2. The number of nitrogens with one attached hydrogen (secondary N) is 3. The van der Waals surface area contributed by atoms with Crippen molar-refractivity contribution >= 4 is 39.9 Å². The van der Waals surface area contributed by atoms with Crippen LogP contribution >= 0.6 is 11.3 Å². The maximum absolute atomic E-state index is 13.1. The highest BCUT2D eigenvalue weighted by molar-refractivity contribution is 7.14. The summed E-state index contributed by atoms with van der Waals surface area (Å²) in [6.45, 7) is 1.96. The number of hydrazine groups is 1. The van der Waals surface area contributed by atoms with Crippen LogP contribution in [0.3, 0.4) is 0 Å². The lowest BCUT2D eigenvalue weighted by Crippen LogP contribution is -2.50. The summed E-state index contributed by atoms with van der Waals surface area (Å²) >= 11 is 1.23. The molecule has 0 aliphatic heterocycles. The van der Waals surface area contributed by atoms with E-state index in [1.807, 2.05) is 66.9 Å². The molecule has 0 saturated heterocycles. The van der Waals surface area contributed by atoms with Crippen LogP contribution in [0.2, 0.25) is 0 Å². The van der Waals surface area contributed by atoms with Crippen molar-refractivity contribution in [3.63, 3.8) is 0 Å². The summed E-state index contributed by atoms with van der Waals surface area (Å²) in [6.07, 6.45) is 0. The van der Waals surface area contributed by atoms with Gasteiger partial charge in [0.1, 0.15) is 5.75 Å². The topological polar surface area (TPSA) is 95.6 Å². The average Bonchev–Trinajstić information content (AvgIpc) is 3.34. The maximum atomic E-state index is 13.1. The van der Waals surface area contributed by atoms with Crippen LogP contribution in [0.25, 0.3) is 11.3 Å². The average molecular weight is 474 g/mol. The third-order valence-corrected chi connectivity index (χ3v) is 5.65. The molecule has 1 heterocycles. The second-order valence-electron chi connectivity index (χ2n) is 7.31. The molecule has 3 aromatic carbocycles. The number of nitrogens with zero attached hydrogens (tertiary/aromatic N) is 2. The number of hydrogen-bond donors (Lipinski definition) is 3. The fourth-order valence-electron chi connectivity index (χ4n) is 3.05. The Labute approximate surface area is 201 Å². The summed E-state index contributed by atoms with van der Waals surface area (Å²) in [5.41, 5.74) is 6.39. The van der Waals surface area contributed by atoms with Crippen LogP contribution in [0, 0.1) is 6.92 Å². The number of hydrogen-bond acceptors (Lipinski definition) is 5. The largest absolute Gasteiger partial charge is 0.497 e. The molecule has 0 fully saturated rings. The van der Waals surface area contributed by atoms with Crippen LogP contribution in [0.5, 0.6) is 5.75 Å². The summed E-state index contributed by atoms with van der Waals surface area (Å²) < 4.78 is 5.20. The van der Waals surface area contributed by atoms with Crippen molar-refractivity contribution in [2.75, 3.05) is 22.8 Å². The van der Waals surface area contributed by atoms with E-state index in [4.69, 9.17) is 4.74 Å². The van der Waals surface area contributed by atoms with Gasteiger partial charge in [0.25, 0.3) is 0 Å². The number of thiazole rings is 1. The van der Waals surface area contributed by atoms with Crippen LogP contribution in [-0.2, 0) is 0 Å². The van der Waals surface area contributed by atoms with Crippen molar-refractivity contribution in [1.29, 1.82) is 0 Å². The summed E-state index contributed by atoms with van der Waals surface area (Å²) in [4.78, 5) is 30.4. The molecule has 0 saturated carbocycles. The Kier molecular flexibility index (Phi) is 7.04. The molecule has 0 aliphatic rings. The van der Waals surface area contributed by atoms with E-state index >= 15 is 0 Å². The zero-order valence-corrected chi connectivity index (χ0v) is 19.4. The number of amides is 4. The van der Waals surface area contributed by atoms with E-state index in [1.54, 1.807) is 31.4 Å². The first-order valence-electron chi connectivity index (χ1n) is 10.4. The molecule has 0 spiro atoms. The number of methoxy groups -OCH3 is 1. The van der Waals surface area contributed by atoms with E-state index in [9.17, 15) is 9.59 Å². The molecule has 34 heavy (non-hydrogen) atoms. The molecular formula is C25H23N5O3S. The van der Waals surface area contributed by atoms with E-state index < -0.39 is 12.1 Å². The van der Waals surface area contributed by atoms with Gasteiger partial charge >= 0.3 is 12.1 Å². The second kappa shape index (κ2) is 10.5. The number of para-hydroxylation sites is 1. The lowest BCUT2D eigenvalue weighted by molar-refractivity contribution is 0.243. The van der Waals surface area contributed by atoms with Crippen molar-refractivity contribution in [2.45, 2.75) is 6.92 Å². The van der Waals surface area contributed by atoms with E-state index in [-0.39, 0.29) is 0 Å². The number of aromatic nitrogens is 1. The minimum absolute atomic E-state index is 0.304. The third-order valence-electron chi connectivity index (χ3n) is 4.82. The van der Waals surface area contributed by atoms with Gasteiger partial charge in [-0.3, -0.25) is 0 Å². The van der Waals surface area contributed by atoms with Crippen LogP contribution < -0.4 is 25.8 Å². The van der Waals surface area contributed by atoms with E-state index in [2.05, 4.69) is 21.0 Å². The molecule has 3 N–H and O–H groups in total. The standard InChI is InChI=1S/C25H23N5O3S/c1-17-8-12-20(13-9-17)26-23(31)29-30(24(32)27-19-6-4-3-5-7-19)25-28-22(16-34-25)18-10-14-21(33-2)15-11-18/h3-16H,1-2H3,(H,27,32)(H2,26,29,31). The normalized spacial score (nSPS) is 10.3. The molecule has 4 amide bonds. The smallest absolute Gasteiger partial charge is 0.347 e. The SMILES string of the molecule is COc1ccc(-c2csc(N(NC(=O)Nc3ccc(C)cc3)C(=O)Nc3ccccc3)n2)cc1. The van der Waals surface area contributed by atoms with E-state index in [0.29, 0.717) is 22.2 Å². The number of carbonyl (C=O) groups excluding carboxylic acids is 2. The Bertz CT molecular complexity index is 1260. The van der Waals surface area contributed by atoms with Gasteiger partial charge in [0, 0.05) is 22.3 Å². The van der Waals surface area contributed by atoms with Crippen molar-refractivity contribution in [3.05, 3.63) is 89.8 Å². The third kappa shape index (κ3) is 5.70. The highest BCUT2D eigenvalue weighted by Crippen LogP contribution is 2.28. The van der Waals surface area contributed by atoms with Crippen molar-refractivity contribution in [2.24, 2.45) is 0 Å². The number of rotatable bonds is 5. The first kappa shape index (κ1) is 22.8. The van der Waals surface area contributed by atoms with Gasteiger partial charge < -0.3 is 15.4 Å². The van der Waals surface area contributed by atoms with Crippen LogP contribution in [0.1, 0.15) is 5.56 Å². The van der Waals surface area contributed by atoms with Gasteiger partial charge in [-0.05, 0) is 55.5 Å². The van der Waals surface area contributed by atoms with Gasteiger partial charge in [0.15, 0.2) is 0 Å². The van der Waals surface area contributed by atoms with Gasteiger partial charge in [0.05, 0.1) is 12.8 Å². The first-order valence-corrected chi connectivity index (χ1v) is 11.3. The zero-order valence-electron chi connectivity index (χ0n) is 18.6. The molecule has 0 bridgehead atoms. The number of carbonyl (C=O) groups is 2. The molecule has 8 nitrogen and oxygen atoms in total. The summed E-state index contributed by atoms with van der Waals surface area (Å²) in [7, 11) is 1.60. The van der Waals surface area contributed by atoms with Crippen LogP contribution in [0.15, 0.2) is 84.2 Å².